The molecule has 30 heavy (non-hydrogen) atoms. The molecule has 2 atom stereocenters. The van der Waals surface area contributed by atoms with Crippen LogP contribution in [0.3, 0.4) is 0 Å². The highest BCUT2D eigenvalue weighted by Crippen LogP contribution is 2.50. The van der Waals surface area contributed by atoms with Crippen molar-refractivity contribution in [3.8, 4) is 11.3 Å². The lowest BCUT2D eigenvalue weighted by atomic mass is 9.62. The summed E-state index contributed by atoms with van der Waals surface area (Å²) < 4.78 is 19.2. The molecule has 0 aromatic carbocycles. The third-order valence-corrected chi connectivity index (χ3v) is 7.28. The van der Waals surface area contributed by atoms with E-state index in [0.29, 0.717) is 25.0 Å². The van der Waals surface area contributed by atoms with Crippen LogP contribution in [-0.2, 0) is 4.74 Å². The van der Waals surface area contributed by atoms with Gasteiger partial charge in [-0.15, -0.1) is 0 Å². The molecule has 1 aliphatic carbocycles. The normalized spacial score (nSPS) is 27.6. The van der Waals surface area contributed by atoms with Gasteiger partial charge in [0.1, 0.15) is 12.0 Å². The maximum absolute atomic E-state index is 13.5. The van der Waals surface area contributed by atoms with Gasteiger partial charge in [0.25, 0.3) is 0 Å². The molecule has 0 radical (unpaired) electrons. The van der Waals surface area contributed by atoms with E-state index < -0.39 is 6.17 Å². The Morgan fingerprint density at radius 1 is 1.13 bits per heavy atom. The van der Waals surface area contributed by atoms with Crippen LogP contribution in [0, 0.1) is 5.41 Å². The molecule has 0 amide bonds. The Labute approximate surface area is 174 Å². The van der Waals surface area contributed by atoms with E-state index in [0.717, 1.165) is 68.5 Å². The van der Waals surface area contributed by atoms with E-state index in [1.54, 1.807) is 12.4 Å². The molecular weight excluding hydrogens is 385 g/mol. The number of nitrogen functional groups attached to an aromatic ring is 1. The molecule has 2 N–H and O–H groups in total. The van der Waals surface area contributed by atoms with Crippen molar-refractivity contribution in [3.63, 3.8) is 0 Å². The molecule has 2 aromatic rings. The van der Waals surface area contributed by atoms with Crippen molar-refractivity contribution in [1.29, 1.82) is 0 Å². The van der Waals surface area contributed by atoms with Gasteiger partial charge in [0, 0.05) is 43.7 Å². The number of hydrogen-bond donors (Lipinski definition) is 1. The third-order valence-electron chi connectivity index (χ3n) is 7.28. The first kappa shape index (κ1) is 18.2. The van der Waals surface area contributed by atoms with E-state index in [1.807, 2.05) is 6.07 Å². The second-order valence-corrected chi connectivity index (χ2v) is 9.23. The average molecular weight is 411 g/mol. The van der Waals surface area contributed by atoms with E-state index in [1.165, 1.54) is 0 Å². The average Bonchev–Trinajstić information content (AvgIpc) is 3.37. The van der Waals surface area contributed by atoms with Crippen molar-refractivity contribution in [2.24, 2.45) is 5.41 Å². The minimum Gasteiger partial charge on any atom is -0.374 e. The number of morpholine rings is 1. The molecule has 2 unspecified atom stereocenters. The molecule has 8 nitrogen and oxygen atoms in total. The fourth-order valence-corrected chi connectivity index (χ4v) is 5.48. The Bertz CT molecular complexity index is 939. The Morgan fingerprint density at radius 3 is 2.53 bits per heavy atom. The van der Waals surface area contributed by atoms with Crippen LogP contribution in [0.1, 0.15) is 32.1 Å². The highest BCUT2D eigenvalue weighted by Gasteiger charge is 2.46. The Morgan fingerprint density at radius 2 is 1.90 bits per heavy atom. The lowest BCUT2D eigenvalue weighted by Crippen LogP contribution is -2.48. The predicted molar refractivity (Wildman–Crippen MR) is 111 cm³/mol. The molecule has 6 rings (SSSR count). The van der Waals surface area contributed by atoms with Crippen LogP contribution < -0.4 is 15.5 Å². The summed E-state index contributed by atoms with van der Waals surface area (Å²) in [4.78, 5) is 22.7. The molecule has 9 heteroatoms. The number of halogens is 1. The Balaban J connectivity index is 1.32. The maximum atomic E-state index is 13.5. The van der Waals surface area contributed by atoms with E-state index in [-0.39, 0.29) is 11.4 Å². The third kappa shape index (κ3) is 3.07. The van der Waals surface area contributed by atoms with E-state index in [2.05, 4.69) is 19.8 Å². The van der Waals surface area contributed by atoms with Crippen molar-refractivity contribution < 1.29 is 9.13 Å². The summed E-state index contributed by atoms with van der Waals surface area (Å²) in [6.45, 7) is 3.34. The first-order valence-electron chi connectivity index (χ1n) is 10.8. The van der Waals surface area contributed by atoms with E-state index in [4.69, 9.17) is 20.4 Å². The fourth-order valence-electron chi connectivity index (χ4n) is 5.48. The molecule has 158 valence electrons. The quantitative estimate of drug-likeness (QED) is 0.822. The SMILES string of the molecule is Nc1ncc(-c2cc(N3CC4CC3CO4)nc(N3CCC4(CC3)CC(F)C4)n2)cn1. The van der Waals surface area contributed by atoms with Gasteiger partial charge in [0.05, 0.1) is 24.4 Å². The standard InChI is InChI=1S/C21H26FN7O/c22-14-7-21(8-14)1-3-28(4-2-21)20-26-17(13-9-24-19(23)25-10-13)6-18(27-20)29-11-16-5-15(29)12-30-16/h6,9-10,14-16H,1-5,7-8,11-12H2,(H2,23,24,25). The highest BCUT2D eigenvalue weighted by atomic mass is 19.1. The second-order valence-electron chi connectivity index (χ2n) is 9.23. The van der Waals surface area contributed by atoms with Crippen LogP contribution in [0.15, 0.2) is 18.5 Å². The van der Waals surface area contributed by atoms with Gasteiger partial charge >= 0.3 is 0 Å². The Kier molecular flexibility index (Phi) is 4.09. The number of ether oxygens (including phenoxy) is 1. The van der Waals surface area contributed by atoms with Gasteiger partial charge in [-0.1, -0.05) is 0 Å². The molecule has 4 aliphatic rings. The molecule has 1 saturated carbocycles. The highest BCUT2D eigenvalue weighted by molar-refractivity contribution is 5.64. The summed E-state index contributed by atoms with van der Waals surface area (Å²) in [6.07, 6.45) is 7.58. The smallest absolute Gasteiger partial charge is 0.227 e. The van der Waals surface area contributed by atoms with Crippen LogP contribution >= 0.6 is 0 Å². The molecule has 3 aliphatic heterocycles. The number of alkyl halides is 1. The summed E-state index contributed by atoms with van der Waals surface area (Å²) in [5, 5.41) is 0. The topological polar surface area (TPSA) is 93.3 Å². The summed E-state index contributed by atoms with van der Waals surface area (Å²) >= 11 is 0. The first-order chi connectivity index (χ1) is 14.6. The summed E-state index contributed by atoms with van der Waals surface area (Å²) in [6, 6.07) is 2.39. The first-order valence-corrected chi connectivity index (χ1v) is 10.8. The molecule has 1 spiro atoms. The van der Waals surface area contributed by atoms with Gasteiger partial charge in [-0.25, -0.2) is 19.3 Å². The lowest BCUT2D eigenvalue weighted by Gasteiger charge is -2.49. The van der Waals surface area contributed by atoms with Crippen molar-refractivity contribution in [1.82, 2.24) is 19.9 Å². The number of anilines is 3. The van der Waals surface area contributed by atoms with Crippen LogP contribution in [0.2, 0.25) is 0 Å². The monoisotopic (exact) mass is 411 g/mol. The van der Waals surface area contributed by atoms with Crippen molar-refractivity contribution in [2.75, 3.05) is 41.8 Å². The molecule has 5 heterocycles. The maximum Gasteiger partial charge on any atom is 0.227 e. The largest absolute Gasteiger partial charge is 0.374 e. The van der Waals surface area contributed by atoms with Gasteiger partial charge in [-0.3, -0.25) is 0 Å². The van der Waals surface area contributed by atoms with Crippen LogP contribution in [0.5, 0.6) is 0 Å². The predicted octanol–water partition coefficient (Wildman–Crippen LogP) is 2.21. The second kappa shape index (κ2) is 6.73. The number of nitrogens with zero attached hydrogens (tertiary/aromatic N) is 6. The summed E-state index contributed by atoms with van der Waals surface area (Å²) in [7, 11) is 0. The van der Waals surface area contributed by atoms with Gasteiger partial charge < -0.3 is 20.3 Å². The lowest BCUT2D eigenvalue weighted by molar-refractivity contribution is 0.00432. The number of aromatic nitrogens is 4. The zero-order chi connectivity index (χ0) is 20.3. The number of nitrogens with two attached hydrogens (primary N) is 1. The van der Waals surface area contributed by atoms with Crippen molar-refractivity contribution in [2.45, 2.75) is 50.4 Å². The molecule has 4 fully saturated rings. The summed E-state index contributed by atoms with van der Waals surface area (Å²) in [5.74, 6) is 1.90. The number of piperidine rings is 1. The van der Waals surface area contributed by atoms with Gasteiger partial charge in [-0.05, 0) is 37.5 Å². The number of fused-ring (bicyclic) bond motifs is 2. The van der Waals surface area contributed by atoms with Crippen LogP contribution in [0.25, 0.3) is 11.3 Å². The van der Waals surface area contributed by atoms with Crippen molar-refractivity contribution in [3.05, 3.63) is 18.5 Å². The van der Waals surface area contributed by atoms with Gasteiger partial charge in [-0.2, -0.15) is 4.98 Å². The Hall–Kier alpha value is -2.55. The molecule has 3 saturated heterocycles. The van der Waals surface area contributed by atoms with E-state index in [9.17, 15) is 4.39 Å². The number of rotatable bonds is 3. The van der Waals surface area contributed by atoms with Gasteiger partial charge in [0.15, 0.2) is 0 Å². The van der Waals surface area contributed by atoms with E-state index >= 15 is 0 Å². The number of hydrogen-bond acceptors (Lipinski definition) is 8. The molecule has 2 bridgehead atoms. The minimum atomic E-state index is -0.610. The molecular formula is C21H26FN7O. The minimum absolute atomic E-state index is 0.201. The zero-order valence-corrected chi connectivity index (χ0v) is 16.9. The van der Waals surface area contributed by atoms with Crippen LogP contribution in [0.4, 0.5) is 22.1 Å². The van der Waals surface area contributed by atoms with Crippen molar-refractivity contribution >= 4 is 17.7 Å². The molecule has 2 aromatic heterocycles. The zero-order valence-electron chi connectivity index (χ0n) is 16.9. The van der Waals surface area contributed by atoms with Gasteiger partial charge in [0.2, 0.25) is 11.9 Å². The van der Waals surface area contributed by atoms with Crippen LogP contribution in [-0.4, -0.2) is 64.5 Å². The fraction of sp³-hybridized carbons (Fsp3) is 0.619. The summed E-state index contributed by atoms with van der Waals surface area (Å²) in [5.41, 5.74) is 7.48.